The van der Waals surface area contributed by atoms with Crippen LogP contribution in [0.15, 0.2) is 6.33 Å². The van der Waals surface area contributed by atoms with Gasteiger partial charge in [-0.2, -0.15) is 5.10 Å². The Kier molecular flexibility index (Phi) is 6.22. The zero-order valence-electron chi connectivity index (χ0n) is 14.2. The first-order valence-electron chi connectivity index (χ1n) is 8.77. The van der Waals surface area contributed by atoms with Crippen LogP contribution in [0.1, 0.15) is 71.7 Å². The number of likely N-dealkylation sites (N-methyl/N-ethyl adjacent to an activating group) is 1. The first kappa shape index (κ1) is 16.5. The molecule has 4 heteroatoms. The van der Waals surface area contributed by atoms with E-state index in [2.05, 4.69) is 47.8 Å². The van der Waals surface area contributed by atoms with Crippen molar-refractivity contribution in [3.8, 4) is 0 Å². The van der Waals surface area contributed by atoms with E-state index in [1.807, 2.05) is 0 Å². The molecule has 0 aliphatic heterocycles. The van der Waals surface area contributed by atoms with E-state index in [0.29, 0.717) is 12.1 Å². The average Bonchev–Trinajstić information content (AvgIpc) is 2.95. The van der Waals surface area contributed by atoms with Gasteiger partial charge in [-0.15, -0.1) is 0 Å². The largest absolute Gasteiger partial charge is 0.314 e. The van der Waals surface area contributed by atoms with Gasteiger partial charge in [-0.05, 0) is 45.1 Å². The predicted molar refractivity (Wildman–Crippen MR) is 87.3 cm³/mol. The van der Waals surface area contributed by atoms with Gasteiger partial charge < -0.3 is 5.32 Å². The molecule has 1 aliphatic carbocycles. The lowest BCUT2D eigenvalue weighted by atomic mass is 9.76. The molecule has 4 nitrogen and oxygen atoms in total. The summed E-state index contributed by atoms with van der Waals surface area (Å²) in [6, 6.07) is 0.936. The van der Waals surface area contributed by atoms with Gasteiger partial charge in [0.05, 0.1) is 0 Å². The van der Waals surface area contributed by atoms with E-state index < -0.39 is 0 Å². The molecule has 1 aromatic heterocycles. The van der Waals surface area contributed by atoms with Crippen molar-refractivity contribution in [1.82, 2.24) is 20.1 Å². The van der Waals surface area contributed by atoms with Crippen LogP contribution in [0.3, 0.4) is 0 Å². The molecule has 0 bridgehead atoms. The van der Waals surface area contributed by atoms with Crippen molar-refractivity contribution in [3.05, 3.63) is 12.2 Å². The fourth-order valence-corrected chi connectivity index (χ4v) is 3.78. The van der Waals surface area contributed by atoms with E-state index in [9.17, 15) is 0 Å². The van der Waals surface area contributed by atoms with E-state index >= 15 is 0 Å². The molecular formula is C17H32N4. The van der Waals surface area contributed by atoms with Crippen molar-refractivity contribution in [1.29, 1.82) is 0 Å². The Morgan fingerprint density at radius 2 is 2.14 bits per heavy atom. The number of aromatic nitrogens is 3. The van der Waals surface area contributed by atoms with Gasteiger partial charge >= 0.3 is 0 Å². The maximum atomic E-state index is 4.51. The van der Waals surface area contributed by atoms with Gasteiger partial charge in [0.25, 0.3) is 0 Å². The number of nitrogens with zero attached hydrogens (tertiary/aromatic N) is 3. The van der Waals surface area contributed by atoms with Crippen LogP contribution in [0.5, 0.6) is 0 Å². The fraction of sp³-hybridized carbons (Fsp3) is 0.882. The first-order valence-corrected chi connectivity index (χ1v) is 8.77. The normalized spacial score (nSPS) is 24.4. The van der Waals surface area contributed by atoms with E-state index in [0.717, 1.165) is 30.6 Å². The van der Waals surface area contributed by atoms with Gasteiger partial charge in [-0.1, -0.05) is 33.1 Å². The molecule has 3 unspecified atom stereocenters. The molecule has 1 aliphatic rings. The second kappa shape index (κ2) is 7.92. The fourth-order valence-electron chi connectivity index (χ4n) is 3.78. The molecule has 0 aromatic carbocycles. The van der Waals surface area contributed by atoms with Crippen molar-refractivity contribution in [2.75, 3.05) is 6.54 Å². The summed E-state index contributed by atoms with van der Waals surface area (Å²) in [5.74, 6) is 2.85. The molecule has 1 fully saturated rings. The van der Waals surface area contributed by atoms with E-state index in [1.54, 1.807) is 6.33 Å². The van der Waals surface area contributed by atoms with Crippen molar-refractivity contribution < 1.29 is 0 Å². The predicted octanol–water partition coefficient (Wildman–Crippen LogP) is 3.60. The third kappa shape index (κ3) is 4.29. The van der Waals surface area contributed by atoms with Gasteiger partial charge in [-0.3, -0.25) is 0 Å². The molecule has 2 rings (SSSR count). The van der Waals surface area contributed by atoms with Crippen LogP contribution < -0.4 is 5.32 Å². The minimum atomic E-state index is 0.388. The number of rotatable bonds is 7. The van der Waals surface area contributed by atoms with Crippen molar-refractivity contribution >= 4 is 0 Å². The third-order valence-electron chi connectivity index (χ3n) is 4.97. The number of hydrogen-bond donors (Lipinski definition) is 1. The van der Waals surface area contributed by atoms with Gasteiger partial charge in [-0.25, -0.2) is 9.67 Å². The third-order valence-corrected chi connectivity index (χ3v) is 4.97. The van der Waals surface area contributed by atoms with Crippen LogP contribution >= 0.6 is 0 Å². The topological polar surface area (TPSA) is 42.7 Å². The SMILES string of the molecule is CCNC(Cc1ncnn1C(C)C)C1CCCC(CC)C1. The lowest BCUT2D eigenvalue weighted by Crippen LogP contribution is -2.41. The van der Waals surface area contributed by atoms with Crippen LogP contribution in [0.25, 0.3) is 0 Å². The quantitative estimate of drug-likeness (QED) is 0.835. The summed E-state index contributed by atoms with van der Waals surface area (Å²) < 4.78 is 2.07. The molecule has 0 saturated heterocycles. The maximum absolute atomic E-state index is 4.51. The Bertz CT molecular complexity index is 413. The standard InChI is InChI=1S/C17H32N4/c1-5-14-8-7-9-15(10-14)16(18-6-2)11-17-19-12-20-21(17)13(3)4/h12-16,18H,5-11H2,1-4H3. The number of hydrogen-bond acceptors (Lipinski definition) is 3. The summed E-state index contributed by atoms with van der Waals surface area (Å²) in [6.45, 7) is 9.93. The summed E-state index contributed by atoms with van der Waals surface area (Å²) in [7, 11) is 0. The highest BCUT2D eigenvalue weighted by Crippen LogP contribution is 2.33. The molecule has 120 valence electrons. The highest BCUT2D eigenvalue weighted by molar-refractivity contribution is 4.94. The summed E-state index contributed by atoms with van der Waals surface area (Å²) >= 11 is 0. The van der Waals surface area contributed by atoms with Crippen molar-refractivity contribution in [2.24, 2.45) is 11.8 Å². The lowest BCUT2D eigenvalue weighted by Gasteiger charge is -2.34. The lowest BCUT2D eigenvalue weighted by molar-refractivity contribution is 0.206. The van der Waals surface area contributed by atoms with Crippen molar-refractivity contribution in [3.63, 3.8) is 0 Å². The Labute approximate surface area is 129 Å². The minimum Gasteiger partial charge on any atom is -0.314 e. The minimum absolute atomic E-state index is 0.388. The molecule has 0 spiro atoms. The molecule has 1 N–H and O–H groups in total. The zero-order valence-corrected chi connectivity index (χ0v) is 14.2. The van der Waals surface area contributed by atoms with Crippen LogP contribution in [0.2, 0.25) is 0 Å². The van der Waals surface area contributed by atoms with Gasteiger partial charge in [0.1, 0.15) is 12.2 Å². The molecular weight excluding hydrogens is 260 g/mol. The molecule has 1 saturated carbocycles. The first-order chi connectivity index (χ1) is 10.2. The molecule has 3 atom stereocenters. The maximum Gasteiger partial charge on any atom is 0.138 e. The molecule has 0 amide bonds. The summed E-state index contributed by atoms with van der Waals surface area (Å²) in [4.78, 5) is 4.51. The summed E-state index contributed by atoms with van der Waals surface area (Å²) in [5, 5.41) is 8.10. The monoisotopic (exact) mass is 292 g/mol. The Morgan fingerprint density at radius 1 is 1.33 bits per heavy atom. The molecule has 1 heterocycles. The van der Waals surface area contributed by atoms with Gasteiger partial charge in [0.15, 0.2) is 0 Å². The zero-order chi connectivity index (χ0) is 15.2. The van der Waals surface area contributed by atoms with Crippen LogP contribution in [0, 0.1) is 11.8 Å². The Morgan fingerprint density at radius 3 is 2.81 bits per heavy atom. The Balaban J connectivity index is 2.06. The smallest absolute Gasteiger partial charge is 0.138 e. The molecule has 1 aromatic rings. The van der Waals surface area contributed by atoms with Crippen LogP contribution in [-0.2, 0) is 6.42 Å². The van der Waals surface area contributed by atoms with E-state index in [-0.39, 0.29) is 0 Å². The highest BCUT2D eigenvalue weighted by atomic mass is 15.3. The second-order valence-corrected chi connectivity index (χ2v) is 6.78. The number of nitrogens with one attached hydrogen (secondary N) is 1. The summed E-state index contributed by atoms with van der Waals surface area (Å²) in [5.41, 5.74) is 0. The van der Waals surface area contributed by atoms with Gasteiger partial charge in [0, 0.05) is 18.5 Å². The molecule has 0 radical (unpaired) electrons. The van der Waals surface area contributed by atoms with Gasteiger partial charge in [0.2, 0.25) is 0 Å². The molecule has 21 heavy (non-hydrogen) atoms. The van der Waals surface area contributed by atoms with Crippen LogP contribution in [0.4, 0.5) is 0 Å². The summed E-state index contributed by atoms with van der Waals surface area (Å²) in [6.07, 6.45) is 9.60. The van der Waals surface area contributed by atoms with E-state index in [4.69, 9.17) is 0 Å². The Hall–Kier alpha value is -0.900. The second-order valence-electron chi connectivity index (χ2n) is 6.78. The highest BCUT2D eigenvalue weighted by Gasteiger charge is 2.28. The van der Waals surface area contributed by atoms with Crippen LogP contribution in [-0.4, -0.2) is 27.4 Å². The van der Waals surface area contributed by atoms with E-state index in [1.165, 1.54) is 32.1 Å². The average molecular weight is 292 g/mol. The van der Waals surface area contributed by atoms with Crippen molar-refractivity contribution in [2.45, 2.75) is 78.3 Å².